The number of thiazole rings is 1. The summed E-state index contributed by atoms with van der Waals surface area (Å²) in [5.41, 5.74) is 2.09. The predicted octanol–water partition coefficient (Wildman–Crippen LogP) is 3.39. The van der Waals surface area contributed by atoms with Crippen LogP contribution in [0.4, 0.5) is 5.69 Å². The number of benzene rings is 2. The Bertz CT molecular complexity index is 887. The second kappa shape index (κ2) is 6.67. The Hall–Kier alpha value is -2.93. The number of para-hydroxylation sites is 1. The zero-order valence-electron chi connectivity index (χ0n) is 12.8. The largest absolute Gasteiger partial charge is 0.481 e. The second-order valence-electron chi connectivity index (χ2n) is 5.06. The zero-order chi connectivity index (χ0) is 17.1. The Morgan fingerprint density at radius 2 is 2.04 bits per heavy atom. The molecule has 0 aliphatic carbocycles. The van der Waals surface area contributed by atoms with Gasteiger partial charge < -0.3 is 15.2 Å². The van der Waals surface area contributed by atoms with E-state index in [4.69, 9.17) is 9.84 Å². The molecule has 0 saturated carbocycles. The van der Waals surface area contributed by atoms with E-state index in [2.05, 4.69) is 10.3 Å². The molecular formula is C17H14N2O4S. The summed E-state index contributed by atoms with van der Waals surface area (Å²) in [5.74, 6) is -0.926. The van der Waals surface area contributed by atoms with Gasteiger partial charge in [-0.15, -0.1) is 11.3 Å². The van der Waals surface area contributed by atoms with Gasteiger partial charge in [0.15, 0.2) is 6.61 Å². The van der Waals surface area contributed by atoms with Crippen molar-refractivity contribution in [1.29, 1.82) is 0 Å². The Labute approximate surface area is 141 Å². The van der Waals surface area contributed by atoms with Gasteiger partial charge in [-0.2, -0.15) is 0 Å². The quantitative estimate of drug-likeness (QED) is 0.742. The van der Waals surface area contributed by atoms with Gasteiger partial charge in [0, 0.05) is 18.7 Å². The predicted molar refractivity (Wildman–Crippen MR) is 92.5 cm³/mol. The number of hydrogen-bond donors (Lipinski definition) is 2. The van der Waals surface area contributed by atoms with E-state index in [0.29, 0.717) is 17.0 Å². The number of hydrogen-bond acceptors (Lipinski definition) is 5. The van der Waals surface area contributed by atoms with Gasteiger partial charge in [0.05, 0.1) is 15.8 Å². The minimum Gasteiger partial charge on any atom is -0.481 e. The number of carbonyl (C=O) groups excluding carboxylic acids is 1. The topological polar surface area (TPSA) is 88.5 Å². The molecule has 1 heterocycles. The van der Waals surface area contributed by atoms with Crippen LogP contribution in [-0.4, -0.2) is 28.6 Å². The smallest absolute Gasteiger partial charge is 0.341 e. The number of fused-ring (bicyclic) bond motifs is 1. The highest BCUT2D eigenvalue weighted by molar-refractivity contribution is 7.21. The van der Waals surface area contributed by atoms with E-state index < -0.39 is 12.6 Å². The molecule has 3 rings (SSSR count). The normalized spacial score (nSPS) is 10.5. The summed E-state index contributed by atoms with van der Waals surface area (Å²) in [6, 6.07) is 12.8. The van der Waals surface area contributed by atoms with Crippen LogP contribution in [0.3, 0.4) is 0 Å². The van der Waals surface area contributed by atoms with Crippen molar-refractivity contribution in [1.82, 2.24) is 4.98 Å². The van der Waals surface area contributed by atoms with Gasteiger partial charge >= 0.3 is 5.97 Å². The van der Waals surface area contributed by atoms with Gasteiger partial charge in [0.25, 0.3) is 0 Å². The van der Waals surface area contributed by atoms with Crippen LogP contribution >= 0.6 is 11.3 Å². The summed E-state index contributed by atoms with van der Waals surface area (Å²) in [5, 5.41) is 12.2. The number of aliphatic carboxylic acids is 1. The number of carbonyl (C=O) groups is 2. The Morgan fingerprint density at radius 1 is 1.25 bits per heavy atom. The molecule has 122 valence electrons. The summed E-state index contributed by atoms with van der Waals surface area (Å²) in [6.45, 7) is 0.931. The molecule has 3 aromatic rings. The molecule has 0 radical (unpaired) electrons. The number of ether oxygens (including phenoxy) is 1. The number of nitrogens with zero attached hydrogens (tertiary/aromatic N) is 1. The number of anilines is 1. The van der Waals surface area contributed by atoms with E-state index in [9.17, 15) is 9.59 Å². The minimum absolute atomic E-state index is 0.216. The molecule has 0 atom stereocenters. The van der Waals surface area contributed by atoms with Crippen LogP contribution in [0.15, 0.2) is 42.5 Å². The van der Waals surface area contributed by atoms with Gasteiger partial charge in [-0.3, -0.25) is 4.79 Å². The van der Waals surface area contributed by atoms with E-state index in [1.807, 2.05) is 24.3 Å². The van der Waals surface area contributed by atoms with Crippen molar-refractivity contribution in [3.63, 3.8) is 0 Å². The van der Waals surface area contributed by atoms with E-state index in [0.717, 1.165) is 15.2 Å². The lowest BCUT2D eigenvalue weighted by Gasteiger charge is -2.11. The van der Waals surface area contributed by atoms with Crippen molar-refractivity contribution < 1.29 is 19.4 Å². The first-order valence-corrected chi connectivity index (χ1v) is 7.97. The SMILES string of the molecule is CC(=O)Nc1ccc(-c2nc3ccccc3s2)c(OCC(=O)O)c1. The van der Waals surface area contributed by atoms with Crippen molar-refractivity contribution in [3.05, 3.63) is 42.5 Å². The fourth-order valence-corrected chi connectivity index (χ4v) is 3.22. The summed E-state index contributed by atoms with van der Waals surface area (Å²) in [7, 11) is 0. The maximum atomic E-state index is 11.2. The molecule has 0 aliphatic rings. The molecule has 0 spiro atoms. The average Bonchev–Trinajstić information content (AvgIpc) is 2.96. The molecule has 2 N–H and O–H groups in total. The van der Waals surface area contributed by atoms with Crippen LogP contribution in [0.2, 0.25) is 0 Å². The van der Waals surface area contributed by atoms with Crippen molar-refractivity contribution in [3.8, 4) is 16.3 Å². The summed E-state index contributed by atoms with van der Waals surface area (Å²) in [6.07, 6.45) is 0. The van der Waals surface area contributed by atoms with Gasteiger partial charge in [-0.25, -0.2) is 9.78 Å². The minimum atomic E-state index is -1.07. The number of nitrogens with one attached hydrogen (secondary N) is 1. The summed E-state index contributed by atoms with van der Waals surface area (Å²) < 4.78 is 6.42. The van der Waals surface area contributed by atoms with Gasteiger partial charge in [0.2, 0.25) is 5.91 Å². The molecule has 1 aromatic heterocycles. The maximum absolute atomic E-state index is 11.2. The molecule has 24 heavy (non-hydrogen) atoms. The van der Waals surface area contributed by atoms with Gasteiger partial charge in [0.1, 0.15) is 10.8 Å². The Morgan fingerprint density at radius 3 is 2.75 bits per heavy atom. The zero-order valence-corrected chi connectivity index (χ0v) is 13.6. The van der Waals surface area contributed by atoms with Crippen molar-refractivity contribution in [2.45, 2.75) is 6.92 Å². The molecule has 2 aromatic carbocycles. The fraction of sp³-hybridized carbons (Fsp3) is 0.118. The van der Waals surface area contributed by atoms with Gasteiger partial charge in [-0.05, 0) is 24.3 Å². The highest BCUT2D eigenvalue weighted by atomic mass is 32.1. The van der Waals surface area contributed by atoms with Crippen molar-refractivity contribution in [2.75, 3.05) is 11.9 Å². The van der Waals surface area contributed by atoms with E-state index in [-0.39, 0.29) is 5.91 Å². The van der Waals surface area contributed by atoms with Gasteiger partial charge in [-0.1, -0.05) is 12.1 Å². The molecular weight excluding hydrogens is 328 g/mol. The lowest BCUT2D eigenvalue weighted by Crippen LogP contribution is -2.11. The second-order valence-corrected chi connectivity index (χ2v) is 6.09. The third kappa shape index (κ3) is 3.52. The van der Waals surface area contributed by atoms with Crippen LogP contribution in [0.1, 0.15) is 6.92 Å². The van der Waals surface area contributed by atoms with E-state index in [1.165, 1.54) is 18.3 Å². The molecule has 0 unspecified atom stereocenters. The van der Waals surface area contributed by atoms with Crippen molar-refractivity contribution >= 4 is 39.1 Å². The number of aromatic nitrogens is 1. The fourth-order valence-electron chi connectivity index (χ4n) is 2.23. The number of amides is 1. The summed E-state index contributed by atoms with van der Waals surface area (Å²) in [4.78, 5) is 26.6. The number of carboxylic acids is 1. The Kier molecular flexibility index (Phi) is 4.43. The lowest BCUT2D eigenvalue weighted by molar-refractivity contribution is -0.139. The van der Waals surface area contributed by atoms with E-state index >= 15 is 0 Å². The van der Waals surface area contributed by atoms with Crippen LogP contribution in [0, 0.1) is 0 Å². The van der Waals surface area contributed by atoms with Crippen LogP contribution in [0.5, 0.6) is 5.75 Å². The van der Waals surface area contributed by atoms with Crippen LogP contribution in [-0.2, 0) is 9.59 Å². The van der Waals surface area contributed by atoms with Crippen LogP contribution < -0.4 is 10.1 Å². The molecule has 0 fully saturated rings. The highest BCUT2D eigenvalue weighted by Gasteiger charge is 2.14. The first-order chi connectivity index (χ1) is 11.5. The Balaban J connectivity index is 2.03. The standard InChI is InChI=1S/C17H14N2O4S/c1-10(20)18-11-6-7-12(14(8-11)23-9-16(21)22)17-19-13-4-2-3-5-15(13)24-17/h2-8H,9H2,1H3,(H,18,20)(H,21,22). The maximum Gasteiger partial charge on any atom is 0.341 e. The average molecular weight is 342 g/mol. The third-order valence-electron chi connectivity index (χ3n) is 3.18. The van der Waals surface area contributed by atoms with E-state index in [1.54, 1.807) is 18.2 Å². The molecule has 1 amide bonds. The van der Waals surface area contributed by atoms with Crippen molar-refractivity contribution in [2.24, 2.45) is 0 Å². The lowest BCUT2D eigenvalue weighted by atomic mass is 10.2. The number of carboxylic acid groups (broad SMARTS) is 1. The molecule has 6 nitrogen and oxygen atoms in total. The molecule has 0 aliphatic heterocycles. The molecule has 0 saturated heterocycles. The first kappa shape index (κ1) is 15.9. The first-order valence-electron chi connectivity index (χ1n) is 7.15. The van der Waals surface area contributed by atoms with Crippen LogP contribution in [0.25, 0.3) is 20.8 Å². The molecule has 0 bridgehead atoms. The number of rotatable bonds is 5. The highest BCUT2D eigenvalue weighted by Crippen LogP contribution is 2.37. The third-order valence-corrected chi connectivity index (χ3v) is 4.25. The molecule has 7 heteroatoms. The monoisotopic (exact) mass is 342 g/mol. The summed E-state index contributed by atoms with van der Waals surface area (Å²) >= 11 is 1.49.